The van der Waals surface area contributed by atoms with Crippen LogP contribution < -0.4 is 5.56 Å². The number of benzene rings is 2. The van der Waals surface area contributed by atoms with Crippen LogP contribution in [0.2, 0.25) is 0 Å². The van der Waals surface area contributed by atoms with Crippen LogP contribution in [-0.4, -0.2) is 27.1 Å². The minimum absolute atomic E-state index is 0.00647. The third-order valence-corrected chi connectivity index (χ3v) is 4.59. The molecule has 0 bridgehead atoms. The summed E-state index contributed by atoms with van der Waals surface area (Å²) in [4.78, 5) is 26.5. The number of nitrogens with zero attached hydrogens (tertiary/aromatic N) is 3. The molecule has 3 rings (SSSR count). The van der Waals surface area contributed by atoms with Crippen LogP contribution in [0.25, 0.3) is 5.69 Å². The molecular weight excluding hydrogens is 444 g/mol. The zero-order valence-electron chi connectivity index (χ0n) is 15.2. The Labute approximate surface area is 174 Å². The molecule has 0 aliphatic carbocycles. The molecule has 0 aliphatic heterocycles. The van der Waals surface area contributed by atoms with E-state index in [9.17, 15) is 18.4 Å². The maximum atomic E-state index is 14.1. The number of hydrogen-bond acceptors (Lipinski definition) is 3. The van der Waals surface area contributed by atoms with E-state index in [1.165, 1.54) is 53.4 Å². The molecular formula is C21H16BrF2N3O2. The minimum atomic E-state index is -0.500. The molecule has 0 N–H and O–H groups in total. The summed E-state index contributed by atoms with van der Waals surface area (Å²) >= 11 is 3.29. The Morgan fingerprint density at radius 1 is 1.14 bits per heavy atom. The second-order valence-corrected chi connectivity index (χ2v) is 7.07. The van der Waals surface area contributed by atoms with Gasteiger partial charge in [-0.1, -0.05) is 22.0 Å². The fourth-order valence-corrected chi connectivity index (χ4v) is 3.11. The first-order valence-corrected chi connectivity index (χ1v) is 9.39. The van der Waals surface area contributed by atoms with E-state index in [2.05, 4.69) is 27.6 Å². The van der Waals surface area contributed by atoms with Gasteiger partial charge in [0, 0.05) is 29.2 Å². The summed E-state index contributed by atoms with van der Waals surface area (Å²) in [5, 5.41) is 4.11. The molecule has 1 heterocycles. The maximum absolute atomic E-state index is 14.1. The lowest BCUT2D eigenvalue weighted by molar-refractivity contribution is 0.0753. The molecule has 0 fully saturated rings. The van der Waals surface area contributed by atoms with Gasteiger partial charge in [0.05, 0.1) is 5.69 Å². The van der Waals surface area contributed by atoms with Crippen LogP contribution >= 0.6 is 15.9 Å². The van der Waals surface area contributed by atoms with Crippen LogP contribution in [0.3, 0.4) is 0 Å². The molecule has 0 aliphatic rings. The minimum Gasteiger partial charge on any atom is -0.329 e. The third kappa shape index (κ3) is 4.83. The lowest BCUT2D eigenvalue weighted by Crippen LogP contribution is -2.33. The molecule has 0 saturated heterocycles. The summed E-state index contributed by atoms with van der Waals surface area (Å²) in [6.07, 6.45) is 1.52. The molecule has 0 saturated carbocycles. The molecule has 3 aromatic rings. The Balaban J connectivity index is 1.95. The monoisotopic (exact) mass is 459 g/mol. The predicted octanol–water partition coefficient (Wildman–Crippen LogP) is 4.10. The first-order chi connectivity index (χ1) is 13.9. The van der Waals surface area contributed by atoms with Crippen molar-refractivity contribution in [1.82, 2.24) is 14.7 Å². The van der Waals surface area contributed by atoms with Crippen LogP contribution in [0.5, 0.6) is 0 Å². The molecule has 1 aromatic heterocycles. The lowest BCUT2D eigenvalue weighted by Gasteiger charge is -2.21. The van der Waals surface area contributed by atoms with Gasteiger partial charge in [-0.3, -0.25) is 9.59 Å². The summed E-state index contributed by atoms with van der Waals surface area (Å²) in [7, 11) is 0. The zero-order chi connectivity index (χ0) is 21.0. The Morgan fingerprint density at radius 3 is 2.55 bits per heavy atom. The van der Waals surface area contributed by atoms with Crippen LogP contribution in [0.4, 0.5) is 8.78 Å². The topological polar surface area (TPSA) is 55.2 Å². The average Bonchev–Trinajstić information content (AvgIpc) is 2.71. The number of carbonyl (C=O) groups excluding carboxylic acids is 1. The molecule has 0 spiro atoms. The Morgan fingerprint density at radius 2 is 1.86 bits per heavy atom. The number of rotatable bonds is 6. The number of carbonyl (C=O) groups is 1. The van der Waals surface area contributed by atoms with Crippen LogP contribution in [-0.2, 0) is 6.54 Å². The van der Waals surface area contributed by atoms with E-state index in [0.717, 1.165) is 4.68 Å². The van der Waals surface area contributed by atoms with Crippen molar-refractivity contribution in [2.75, 3.05) is 6.54 Å². The second kappa shape index (κ2) is 8.91. The summed E-state index contributed by atoms with van der Waals surface area (Å²) in [6, 6.07) is 12.1. The van der Waals surface area contributed by atoms with Gasteiger partial charge in [0.1, 0.15) is 17.3 Å². The van der Waals surface area contributed by atoms with Gasteiger partial charge in [-0.25, -0.2) is 8.78 Å². The van der Waals surface area contributed by atoms with Crippen LogP contribution in [0, 0.1) is 11.6 Å². The first kappa shape index (κ1) is 20.6. The molecule has 8 heteroatoms. The molecule has 1 amide bonds. The number of amides is 1. The second-order valence-electron chi connectivity index (χ2n) is 6.16. The highest BCUT2D eigenvalue weighted by Crippen LogP contribution is 2.18. The van der Waals surface area contributed by atoms with Crippen molar-refractivity contribution in [1.29, 1.82) is 0 Å². The van der Waals surface area contributed by atoms with E-state index in [1.54, 1.807) is 12.1 Å². The van der Waals surface area contributed by atoms with Gasteiger partial charge in [-0.2, -0.15) is 9.78 Å². The molecule has 0 unspecified atom stereocenters. The van der Waals surface area contributed by atoms with E-state index in [-0.39, 0.29) is 18.8 Å². The molecule has 2 aromatic carbocycles. The Hall–Kier alpha value is -3.13. The molecule has 148 valence electrons. The maximum Gasteiger partial charge on any atom is 0.274 e. The normalized spacial score (nSPS) is 10.6. The lowest BCUT2D eigenvalue weighted by atomic mass is 10.2. The SMILES string of the molecule is C=CCN(Cc1cc(Br)ccc1F)C(=O)c1ccc(=O)n(-c2ccc(F)cc2)n1. The van der Waals surface area contributed by atoms with Crippen molar-refractivity contribution in [3.63, 3.8) is 0 Å². The molecule has 0 atom stereocenters. The van der Waals surface area contributed by atoms with Crippen LogP contribution in [0.15, 0.2) is 76.5 Å². The van der Waals surface area contributed by atoms with Crippen molar-refractivity contribution >= 4 is 21.8 Å². The summed E-state index contributed by atoms with van der Waals surface area (Å²) in [5.41, 5.74) is 0.161. The smallest absolute Gasteiger partial charge is 0.274 e. The number of hydrogen-bond donors (Lipinski definition) is 0. The van der Waals surface area contributed by atoms with Gasteiger partial charge >= 0.3 is 0 Å². The van der Waals surface area contributed by atoms with Gasteiger partial charge in [0.25, 0.3) is 11.5 Å². The van der Waals surface area contributed by atoms with Crippen molar-refractivity contribution in [3.8, 4) is 5.69 Å². The highest BCUT2D eigenvalue weighted by molar-refractivity contribution is 9.10. The van der Waals surface area contributed by atoms with Crippen LogP contribution in [0.1, 0.15) is 16.1 Å². The van der Waals surface area contributed by atoms with E-state index in [1.807, 2.05) is 0 Å². The summed E-state index contributed by atoms with van der Waals surface area (Å²) < 4.78 is 29.0. The molecule has 5 nitrogen and oxygen atoms in total. The number of aromatic nitrogens is 2. The van der Waals surface area contributed by atoms with E-state index >= 15 is 0 Å². The first-order valence-electron chi connectivity index (χ1n) is 8.59. The van der Waals surface area contributed by atoms with Gasteiger partial charge in [0.2, 0.25) is 0 Å². The van der Waals surface area contributed by atoms with E-state index < -0.39 is 23.1 Å². The molecule has 29 heavy (non-hydrogen) atoms. The van der Waals surface area contributed by atoms with Gasteiger partial charge in [0.15, 0.2) is 0 Å². The largest absolute Gasteiger partial charge is 0.329 e. The van der Waals surface area contributed by atoms with Crippen molar-refractivity contribution in [2.45, 2.75) is 6.54 Å². The van der Waals surface area contributed by atoms with E-state index in [4.69, 9.17) is 0 Å². The van der Waals surface area contributed by atoms with Gasteiger partial charge in [-0.05, 0) is 48.5 Å². The third-order valence-electron chi connectivity index (χ3n) is 4.10. The Bertz CT molecular complexity index is 1110. The Kier molecular flexibility index (Phi) is 6.33. The zero-order valence-corrected chi connectivity index (χ0v) is 16.8. The predicted molar refractivity (Wildman–Crippen MR) is 109 cm³/mol. The van der Waals surface area contributed by atoms with Crippen molar-refractivity contribution in [3.05, 3.63) is 105 Å². The fourth-order valence-electron chi connectivity index (χ4n) is 2.70. The summed E-state index contributed by atoms with van der Waals surface area (Å²) in [5.74, 6) is -1.40. The summed E-state index contributed by atoms with van der Waals surface area (Å²) in [6.45, 7) is 3.79. The van der Waals surface area contributed by atoms with Gasteiger partial charge in [-0.15, -0.1) is 6.58 Å². The number of halogens is 3. The van der Waals surface area contributed by atoms with Crippen molar-refractivity contribution < 1.29 is 13.6 Å². The fraction of sp³-hybridized carbons (Fsp3) is 0.0952. The average molecular weight is 460 g/mol. The quantitative estimate of drug-likeness (QED) is 0.521. The van der Waals surface area contributed by atoms with Gasteiger partial charge < -0.3 is 4.90 Å². The highest BCUT2D eigenvalue weighted by atomic mass is 79.9. The van der Waals surface area contributed by atoms with E-state index in [0.29, 0.717) is 15.7 Å². The van der Waals surface area contributed by atoms with Crippen molar-refractivity contribution in [2.24, 2.45) is 0 Å². The highest BCUT2D eigenvalue weighted by Gasteiger charge is 2.19. The standard InChI is InChI=1S/C21H16BrF2N3O2/c1-2-11-26(13-14-12-15(22)3-8-18(14)24)21(29)19-9-10-20(28)27(25-19)17-6-4-16(23)5-7-17/h2-10,12H,1,11,13H2. The molecule has 0 radical (unpaired) electrons.